The van der Waals surface area contributed by atoms with Crippen LogP contribution in [-0.2, 0) is 6.42 Å². The minimum atomic E-state index is 0.659. The zero-order chi connectivity index (χ0) is 18.9. The van der Waals surface area contributed by atoms with Gasteiger partial charge in [0.2, 0.25) is 0 Å². The highest BCUT2D eigenvalue weighted by Crippen LogP contribution is 2.26. The fourth-order valence-electron chi connectivity index (χ4n) is 4.32. The van der Waals surface area contributed by atoms with Gasteiger partial charge >= 0.3 is 0 Å². The monoisotopic (exact) mass is 365 g/mol. The topological polar surface area (TPSA) is 21.1 Å². The molecule has 146 valence electrons. The lowest BCUT2D eigenvalue weighted by atomic mass is 10.0. The van der Waals surface area contributed by atoms with Gasteiger partial charge in [0.05, 0.1) is 6.33 Å². The molecule has 3 rings (SSSR count). The maximum atomic E-state index is 4.11. The Hall–Kier alpha value is -1.87. The molecule has 1 aromatic carbocycles. The Kier molecular flexibility index (Phi) is 7.70. The predicted molar refractivity (Wildman–Crippen MR) is 114 cm³/mol. The molecule has 1 aromatic heterocycles. The van der Waals surface area contributed by atoms with Gasteiger partial charge in [0.15, 0.2) is 0 Å². The lowest BCUT2D eigenvalue weighted by Gasteiger charge is -2.30. The third-order valence-corrected chi connectivity index (χ3v) is 6.03. The third-order valence-electron chi connectivity index (χ3n) is 6.03. The molecule has 27 heavy (non-hydrogen) atoms. The van der Waals surface area contributed by atoms with E-state index in [9.17, 15) is 0 Å². The van der Waals surface area contributed by atoms with Crippen LogP contribution in [0.4, 0.5) is 0 Å². The molecule has 1 heterocycles. The number of nitrogens with zero attached hydrogens (tertiary/aromatic N) is 3. The molecule has 3 nitrogen and oxygen atoms in total. The van der Waals surface area contributed by atoms with Gasteiger partial charge in [-0.25, -0.2) is 4.98 Å². The van der Waals surface area contributed by atoms with Crippen LogP contribution in [-0.4, -0.2) is 33.6 Å². The van der Waals surface area contributed by atoms with E-state index < -0.39 is 0 Å². The van der Waals surface area contributed by atoms with E-state index in [1.165, 1.54) is 69.2 Å². The smallest absolute Gasteiger partial charge is 0.0991 e. The number of aryl methyl sites for hydroxylation is 1. The summed E-state index contributed by atoms with van der Waals surface area (Å²) in [7, 11) is 0. The molecule has 0 radical (unpaired) electrons. The average molecular weight is 366 g/mol. The second-order valence-electron chi connectivity index (χ2n) is 8.12. The Bertz CT molecular complexity index is 653. The highest BCUT2D eigenvalue weighted by molar-refractivity contribution is 5.34. The van der Waals surface area contributed by atoms with Crippen molar-refractivity contribution in [1.82, 2.24) is 14.5 Å². The lowest BCUT2D eigenvalue weighted by Crippen LogP contribution is -2.36. The average Bonchev–Trinajstić information content (AvgIpc) is 3.39. The molecule has 0 N–H and O–H groups in total. The summed E-state index contributed by atoms with van der Waals surface area (Å²) in [6, 6.07) is 9.54. The fraction of sp³-hybridized carbons (Fsp3) is 0.542. The van der Waals surface area contributed by atoms with E-state index in [1.807, 2.05) is 23.3 Å². The number of imidazole rings is 1. The minimum Gasteiger partial charge on any atom is -0.306 e. The Morgan fingerprint density at radius 2 is 2.00 bits per heavy atom. The molecule has 1 aliphatic carbocycles. The SMILES string of the molecule is C=CCN(CC1CCCC1)C(C)CCCCc1ccc(-n2ccnc2)cc1. The normalized spacial score (nSPS) is 16.1. The number of hydrogen-bond donors (Lipinski definition) is 0. The molecule has 0 bridgehead atoms. The van der Waals surface area contributed by atoms with E-state index >= 15 is 0 Å². The number of aromatic nitrogens is 2. The van der Waals surface area contributed by atoms with Crippen molar-refractivity contribution >= 4 is 0 Å². The van der Waals surface area contributed by atoms with Gasteiger partial charge in [0.25, 0.3) is 0 Å². The molecule has 3 heteroatoms. The molecule has 1 fully saturated rings. The zero-order valence-electron chi connectivity index (χ0n) is 16.9. The van der Waals surface area contributed by atoms with Crippen LogP contribution < -0.4 is 0 Å². The largest absolute Gasteiger partial charge is 0.306 e. The van der Waals surface area contributed by atoms with E-state index in [2.05, 4.69) is 53.7 Å². The van der Waals surface area contributed by atoms with Crippen molar-refractivity contribution < 1.29 is 0 Å². The number of hydrogen-bond acceptors (Lipinski definition) is 2. The molecular weight excluding hydrogens is 330 g/mol. The van der Waals surface area contributed by atoms with Crippen LogP contribution in [0.25, 0.3) is 5.69 Å². The van der Waals surface area contributed by atoms with Crippen LogP contribution >= 0.6 is 0 Å². The van der Waals surface area contributed by atoms with E-state index in [0.29, 0.717) is 6.04 Å². The van der Waals surface area contributed by atoms with Crippen LogP contribution in [0.5, 0.6) is 0 Å². The highest BCUT2D eigenvalue weighted by atomic mass is 15.1. The Labute approximate surface area is 165 Å². The Morgan fingerprint density at radius 3 is 2.67 bits per heavy atom. The van der Waals surface area contributed by atoms with Crippen LogP contribution in [0.15, 0.2) is 55.6 Å². The molecule has 1 atom stereocenters. The van der Waals surface area contributed by atoms with Crippen LogP contribution in [0, 0.1) is 5.92 Å². The minimum absolute atomic E-state index is 0.659. The summed E-state index contributed by atoms with van der Waals surface area (Å²) in [6.07, 6.45) is 18.4. The van der Waals surface area contributed by atoms with Gasteiger partial charge in [-0.05, 0) is 62.6 Å². The first kappa shape index (κ1) is 19.9. The molecule has 0 aliphatic heterocycles. The second kappa shape index (κ2) is 10.5. The summed E-state index contributed by atoms with van der Waals surface area (Å²) < 4.78 is 2.05. The fourth-order valence-corrected chi connectivity index (χ4v) is 4.32. The Balaban J connectivity index is 1.39. The standard InChI is InChI=1S/C24H35N3/c1-3-17-26(19-23-10-6-7-11-23)21(2)8-4-5-9-22-12-14-24(15-13-22)27-18-16-25-20-27/h3,12-16,18,20-21,23H,1,4-11,17,19H2,2H3. The quantitative estimate of drug-likeness (QED) is 0.379. The van der Waals surface area contributed by atoms with Gasteiger partial charge in [-0.3, -0.25) is 4.90 Å². The maximum absolute atomic E-state index is 4.11. The van der Waals surface area contributed by atoms with Gasteiger partial charge in [-0.1, -0.05) is 37.5 Å². The molecule has 0 amide bonds. The number of benzene rings is 1. The summed E-state index contributed by atoms with van der Waals surface area (Å²) in [5, 5.41) is 0. The molecule has 0 saturated heterocycles. The molecule has 1 unspecified atom stereocenters. The van der Waals surface area contributed by atoms with Crippen molar-refractivity contribution in [2.45, 2.75) is 64.3 Å². The van der Waals surface area contributed by atoms with Crippen molar-refractivity contribution in [2.24, 2.45) is 5.92 Å². The first-order valence-electron chi connectivity index (χ1n) is 10.7. The van der Waals surface area contributed by atoms with Crippen molar-refractivity contribution in [3.8, 4) is 5.69 Å². The molecule has 1 aliphatic rings. The van der Waals surface area contributed by atoms with Crippen LogP contribution in [0.2, 0.25) is 0 Å². The van der Waals surface area contributed by atoms with Gasteiger partial charge in [-0.15, -0.1) is 6.58 Å². The van der Waals surface area contributed by atoms with E-state index in [1.54, 1.807) is 0 Å². The highest BCUT2D eigenvalue weighted by Gasteiger charge is 2.20. The zero-order valence-corrected chi connectivity index (χ0v) is 16.9. The van der Waals surface area contributed by atoms with E-state index in [0.717, 1.165) is 12.5 Å². The Morgan fingerprint density at radius 1 is 1.22 bits per heavy atom. The van der Waals surface area contributed by atoms with Crippen molar-refractivity contribution in [3.05, 3.63) is 61.2 Å². The van der Waals surface area contributed by atoms with Crippen molar-refractivity contribution in [1.29, 1.82) is 0 Å². The van der Waals surface area contributed by atoms with Crippen LogP contribution in [0.1, 0.15) is 57.4 Å². The maximum Gasteiger partial charge on any atom is 0.0991 e. The van der Waals surface area contributed by atoms with Crippen molar-refractivity contribution in [2.75, 3.05) is 13.1 Å². The predicted octanol–water partition coefficient (Wildman–Crippen LogP) is 5.65. The summed E-state index contributed by atoms with van der Waals surface area (Å²) in [6.45, 7) is 8.67. The molecule has 0 spiro atoms. The van der Waals surface area contributed by atoms with Gasteiger partial charge < -0.3 is 4.57 Å². The van der Waals surface area contributed by atoms with Gasteiger partial charge in [-0.2, -0.15) is 0 Å². The summed E-state index contributed by atoms with van der Waals surface area (Å²) >= 11 is 0. The summed E-state index contributed by atoms with van der Waals surface area (Å²) in [5.74, 6) is 0.918. The molecule has 1 saturated carbocycles. The first-order chi connectivity index (χ1) is 13.3. The van der Waals surface area contributed by atoms with E-state index in [4.69, 9.17) is 0 Å². The number of unbranched alkanes of at least 4 members (excludes halogenated alkanes) is 1. The van der Waals surface area contributed by atoms with Crippen LogP contribution in [0.3, 0.4) is 0 Å². The molecular formula is C24H35N3. The second-order valence-corrected chi connectivity index (χ2v) is 8.12. The van der Waals surface area contributed by atoms with E-state index in [-0.39, 0.29) is 0 Å². The van der Waals surface area contributed by atoms with Gasteiger partial charge in [0, 0.05) is 37.2 Å². The van der Waals surface area contributed by atoms with Crippen molar-refractivity contribution in [3.63, 3.8) is 0 Å². The lowest BCUT2D eigenvalue weighted by molar-refractivity contribution is 0.185. The first-order valence-corrected chi connectivity index (χ1v) is 10.7. The molecule has 2 aromatic rings. The summed E-state index contributed by atoms with van der Waals surface area (Å²) in [4.78, 5) is 6.77. The number of rotatable bonds is 11. The summed E-state index contributed by atoms with van der Waals surface area (Å²) in [5.41, 5.74) is 2.61. The van der Waals surface area contributed by atoms with Gasteiger partial charge in [0.1, 0.15) is 0 Å². The third kappa shape index (κ3) is 6.07.